The van der Waals surface area contributed by atoms with Gasteiger partial charge in [0.2, 0.25) is 0 Å². The van der Waals surface area contributed by atoms with Crippen molar-refractivity contribution in [3.05, 3.63) is 23.9 Å². The molecule has 0 saturated heterocycles. The summed E-state index contributed by atoms with van der Waals surface area (Å²) >= 11 is 0. The van der Waals surface area contributed by atoms with Crippen LogP contribution in [0.15, 0.2) is 23.9 Å². The first-order valence-corrected chi connectivity index (χ1v) is 4.49. The van der Waals surface area contributed by atoms with Crippen molar-refractivity contribution in [1.29, 1.82) is 0 Å². The summed E-state index contributed by atoms with van der Waals surface area (Å²) in [5.74, 6) is -1.23. The third kappa shape index (κ3) is 2.18. The van der Waals surface area contributed by atoms with E-state index in [2.05, 4.69) is 5.32 Å². The minimum atomic E-state index is -1.04. The fraction of sp³-hybridized carbons (Fsp3) is 0.400. The van der Waals surface area contributed by atoms with Crippen LogP contribution >= 0.6 is 0 Å². The van der Waals surface area contributed by atoms with E-state index in [0.717, 1.165) is 0 Å². The Morgan fingerprint density at radius 3 is 2.53 bits per heavy atom. The van der Waals surface area contributed by atoms with Gasteiger partial charge in [0.15, 0.2) is 0 Å². The minimum Gasteiger partial charge on any atom is -0.478 e. The highest BCUT2D eigenvalue weighted by Gasteiger charge is 2.33. The molecule has 0 bridgehead atoms. The van der Waals surface area contributed by atoms with E-state index >= 15 is 0 Å². The molecule has 82 valence electrons. The molecule has 1 heterocycles. The number of dihydropyridines is 1. The summed E-state index contributed by atoms with van der Waals surface area (Å²) in [5.41, 5.74) is -0.863. The Bertz CT molecular complexity index is 358. The van der Waals surface area contributed by atoms with E-state index in [1.165, 1.54) is 23.3 Å². The number of amides is 1. The Hall–Kier alpha value is -1.78. The first-order chi connectivity index (χ1) is 6.87. The van der Waals surface area contributed by atoms with Crippen LogP contribution in [-0.2, 0) is 9.59 Å². The van der Waals surface area contributed by atoms with E-state index in [1.54, 1.807) is 21.0 Å². The van der Waals surface area contributed by atoms with Gasteiger partial charge in [-0.05, 0) is 25.3 Å². The molecule has 2 N–H and O–H groups in total. The van der Waals surface area contributed by atoms with Gasteiger partial charge in [-0.15, -0.1) is 0 Å². The molecule has 0 aliphatic carbocycles. The maximum atomic E-state index is 11.8. The summed E-state index contributed by atoms with van der Waals surface area (Å²) in [4.78, 5) is 24.0. The van der Waals surface area contributed by atoms with Gasteiger partial charge in [0.05, 0.1) is 5.57 Å². The molecule has 0 fully saturated rings. The molecule has 1 rings (SSSR count). The highest BCUT2D eigenvalue weighted by Crippen LogP contribution is 2.17. The van der Waals surface area contributed by atoms with Crippen LogP contribution in [0.25, 0.3) is 0 Å². The van der Waals surface area contributed by atoms with Crippen molar-refractivity contribution >= 4 is 11.9 Å². The van der Waals surface area contributed by atoms with Crippen molar-refractivity contribution in [3.63, 3.8) is 0 Å². The monoisotopic (exact) mass is 210 g/mol. The fourth-order valence-electron chi connectivity index (χ4n) is 1.43. The summed E-state index contributed by atoms with van der Waals surface area (Å²) < 4.78 is 0. The normalized spacial score (nSPS) is 24.1. The lowest BCUT2D eigenvalue weighted by molar-refractivity contribution is -0.133. The van der Waals surface area contributed by atoms with Gasteiger partial charge in [0.1, 0.15) is 5.54 Å². The summed E-state index contributed by atoms with van der Waals surface area (Å²) in [6.07, 6.45) is 4.32. The number of carbonyl (C=O) groups excluding carboxylic acids is 1. The highest BCUT2D eigenvalue weighted by molar-refractivity contribution is 5.95. The van der Waals surface area contributed by atoms with Crippen molar-refractivity contribution < 1.29 is 14.7 Å². The number of aliphatic carboxylic acids is 1. The van der Waals surface area contributed by atoms with Gasteiger partial charge in [-0.25, -0.2) is 4.79 Å². The average molecular weight is 210 g/mol. The summed E-state index contributed by atoms with van der Waals surface area (Å²) in [7, 11) is 3.25. The summed E-state index contributed by atoms with van der Waals surface area (Å²) in [6.45, 7) is 1.64. The van der Waals surface area contributed by atoms with Crippen LogP contribution in [-0.4, -0.2) is 41.5 Å². The van der Waals surface area contributed by atoms with Crippen LogP contribution < -0.4 is 5.32 Å². The predicted octanol–water partition coefficient (Wildman–Crippen LogP) is -0.0388. The smallest absolute Gasteiger partial charge is 0.335 e. The number of nitrogens with zero attached hydrogens (tertiary/aromatic N) is 1. The number of hydrogen-bond donors (Lipinski definition) is 2. The first-order valence-electron chi connectivity index (χ1n) is 4.49. The quantitative estimate of drug-likeness (QED) is 0.671. The number of carbonyl (C=O) groups is 2. The summed E-state index contributed by atoms with van der Waals surface area (Å²) in [5, 5.41) is 11.7. The zero-order chi connectivity index (χ0) is 11.6. The van der Waals surface area contributed by atoms with E-state index in [0.29, 0.717) is 0 Å². The van der Waals surface area contributed by atoms with Crippen LogP contribution in [0, 0.1) is 0 Å². The van der Waals surface area contributed by atoms with E-state index in [9.17, 15) is 9.59 Å². The van der Waals surface area contributed by atoms with Gasteiger partial charge in [-0.3, -0.25) is 4.79 Å². The Morgan fingerprint density at radius 2 is 2.07 bits per heavy atom. The molecule has 1 atom stereocenters. The molecule has 5 heteroatoms. The van der Waals surface area contributed by atoms with Crippen molar-refractivity contribution in [2.24, 2.45) is 0 Å². The van der Waals surface area contributed by atoms with Gasteiger partial charge in [0.25, 0.3) is 5.91 Å². The first kappa shape index (κ1) is 11.3. The number of carboxylic acids is 1. The zero-order valence-corrected chi connectivity index (χ0v) is 8.94. The van der Waals surface area contributed by atoms with Crippen molar-refractivity contribution in [2.45, 2.75) is 12.5 Å². The molecule has 5 nitrogen and oxygen atoms in total. The maximum Gasteiger partial charge on any atom is 0.335 e. The molecule has 0 aromatic heterocycles. The lowest BCUT2D eigenvalue weighted by atomic mass is 9.94. The molecule has 0 aromatic carbocycles. The molecule has 15 heavy (non-hydrogen) atoms. The molecule has 0 spiro atoms. The second-order valence-electron chi connectivity index (χ2n) is 3.78. The lowest BCUT2D eigenvalue weighted by Crippen LogP contribution is -2.52. The fourth-order valence-corrected chi connectivity index (χ4v) is 1.43. The number of likely N-dealkylation sites (N-methyl/N-ethyl adjacent to an activating group) is 1. The molecule has 1 aliphatic rings. The second-order valence-corrected chi connectivity index (χ2v) is 3.78. The maximum absolute atomic E-state index is 11.8. The van der Waals surface area contributed by atoms with E-state index in [-0.39, 0.29) is 11.5 Å². The van der Waals surface area contributed by atoms with Crippen LogP contribution in [0.2, 0.25) is 0 Å². The number of carboxylic acid groups (broad SMARTS) is 1. The molecule has 0 saturated carbocycles. The van der Waals surface area contributed by atoms with Crippen LogP contribution in [0.1, 0.15) is 6.92 Å². The van der Waals surface area contributed by atoms with Gasteiger partial charge in [-0.1, -0.05) is 0 Å². The standard InChI is InChI=1S/C10H14N2O3/c1-10(9(15)12(2)3)6-7(8(13)14)4-5-11-10/h4-6,11H,1-3H3,(H,13,14). The molecular formula is C10H14N2O3. The molecule has 1 aliphatic heterocycles. The topological polar surface area (TPSA) is 69.6 Å². The minimum absolute atomic E-state index is 0.117. The van der Waals surface area contributed by atoms with Gasteiger partial charge in [0, 0.05) is 14.1 Å². The Morgan fingerprint density at radius 1 is 1.47 bits per heavy atom. The van der Waals surface area contributed by atoms with E-state index in [4.69, 9.17) is 5.11 Å². The number of rotatable bonds is 2. The molecular weight excluding hydrogens is 196 g/mol. The molecule has 1 amide bonds. The second kappa shape index (κ2) is 3.76. The van der Waals surface area contributed by atoms with Crippen molar-refractivity contribution in [2.75, 3.05) is 14.1 Å². The Kier molecular flexibility index (Phi) is 2.83. The lowest BCUT2D eigenvalue weighted by Gasteiger charge is -2.30. The Balaban J connectivity index is 3.02. The molecule has 0 radical (unpaired) electrons. The molecule has 1 unspecified atom stereocenters. The Labute approximate surface area is 88.1 Å². The van der Waals surface area contributed by atoms with Gasteiger partial charge < -0.3 is 15.3 Å². The van der Waals surface area contributed by atoms with Gasteiger partial charge in [-0.2, -0.15) is 0 Å². The highest BCUT2D eigenvalue weighted by atomic mass is 16.4. The zero-order valence-electron chi connectivity index (χ0n) is 8.94. The van der Waals surface area contributed by atoms with Crippen molar-refractivity contribution in [1.82, 2.24) is 10.2 Å². The molecule has 0 aromatic rings. The van der Waals surface area contributed by atoms with Crippen molar-refractivity contribution in [3.8, 4) is 0 Å². The van der Waals surface area contributed by atoms with E-state index in [1.807, 2.05) is 0 Å². The third-order valence-corrected chi connectivity index (χ3v) is 2.19. The SMILES string of the molecule is CN(C)C(=O)C1(C)C=C(C(=O)O)C=CN1. The average Bonchev–Trinajstić information content (AvgIpc) is 2.16. The van der Waals surface area contributed by atoms with Gasteiger partial charge >= 0.3 is 5.97 Å². The summed E-state index contributed by atoms with van der Waals surface area (Å²) in [6, 6.07) is 0. The van der Waals surface area contributed by atoms with E-state index < -0.39 is 11.5 Å². The van der Waals surface area contributed by atoms with Crippen LogP contribution in [0.5, 0.6) is 0 Å². The number of nitrogens with one attached hydrogen (secondary N) is 1. The third-order valence-electron chi connectivity index (χ3n) is 2.19. The van der Waals surface area contributed by atoms with Crippen LogP contribution in [0.3, 0.4) is 0 Å². The van der Waals surface area contributed by atoms with Crippen LogP contribution in [0.4, 0.5) is 0 Å². The predicted molar refractivity (Wildman–Crippen MR) is 55.1 cm³/mol. The largest absolute Gasteiger partial charge is 0.478 e. The number of hydrogen-bond acceptors (Lipinski definition) is 3.